The maximum atomic E-state index is 12.1. The molecule has 0 N–H and O–H groups in total. The van der Waals surface area contributed by atoms with Crippen LogP contribution in [0.5, 0.6) is 0 Å². The van der Waals surface area contributed by atoms with E-state index in [0.717, 1.165) is 19.3 Å². The van der Waals surface area contributed by atoms with E-state index in [4.69, 9.17) is 0 Å². The van der Waals surface area contributed by atoms with Gasteiger partial charge < -0.3 is 0 Å². The van der Waals surface area contributed by atoms with Crippen molar-refractivity contribution in [3.63, 3.8) is 0 Å². The van der Waals surface area contributed by atoms with Gasteiger partial charge in [-0.3, -0.25) is 9.59 Å². The van der Waals surface area contributed by atoms with E-state index in [1.54, 1.807) is 13.0 Å². The van der Waals surface area contributed by atoms with Crippen molar-refractivity contribution in [3.05, 3.63) is 23.8 Å². The summed E-state index contributed by atoms with van der Waals surface area (Å²) in [5.41, 5.74) is 1.62. The lowest BCUT2D eigenvalue weighted by atomic mass is 9.48. The van der Waals surface area contributed by atoms with Crippen LogP contribution in [0.3, 0.4) is 0 Å². The largest absolute Gasteiger partial charge is 0.300 e. The molecular formula is C21H28O2. The van der Waals surface area contributed by atoms with E-state index in [-0.39, 0.29) is 22.5 Å². The third kappa shape index (κ3) is 1.99. The van der Waals surface area contributed by atoms with E-state index in [1.807, 2.05) is 0 Å². The second-order valence-electron chi connectivity index (χ2n) is 8.95. The molecule has 4 aliphatic rings. The zero-order chi connectivity index (χ0) is 16.4. The second-order valence-corrected chi connectivity index (χ2v) is 8.95. The topological polar surface area (TPSA) is 34.1 Å². The van der Waals surface area contributed by atoms with Gasteiger partial charge in [0.05, 0.1) is 0 Å². The van der Waals surface area contributed by atoms with Crippen LogP contribution in [0.15, 0.2) is 23.8 Å². The summed E-state index contributed by atoms with van der Waals surface area (Å²) in [5, 5.41) is 0. The lowest BCUT2D eigenvalue weighted by Crippen LogP contribution is -2.50. The molecule has 0 aromatic rings. The Bertz CT molecular complexity index is 628. The van der Waals surface area contributed by atoms with Gasteiger partial charge in [0.15, 0.2) is 5.78 Å². The zero-order valence-electron chi connectivity index (χ0n) is 14.6. The summed E-state index contributed by atoms with van der Waals surface area (Å²) in [4.78, 5) is 24.2. The van der Waals surface area contributed by atoms with E-state index < -0.39 is 0 Å². The maximum absolute atomic E-state index is 12.1. The van der Waals surface area contributed by atoms with Crippen molar-refractivity contribution in [3.8, 4) is 0 Å². The predicted molar refractivity (Wildman–Crippen MR) is 90.8 cm³/mol. The standard InChI is InChI=1S/C21H28O2/c1-13(22)17-8-9-18-16-7-5-14-4-6-15(23)12-21(14,3)19(16)10-11-20(17,18)2/h4-6,16-19H,7-12H2,1-3H3/t16-,17+,18-,19-,20+,21-/m0/s1. The molecule has 0 aliphatic heterocycles. The zero-order valence-corrected chi connectivity index (χ0v) is 14.6. The second kappa shape index (κ2) is 4.91. The SMILES string of the molecule is CC(=O)[C@H]1CC[C@H]2[C@@H]3CC=C4C=CC(=O)C[C@]4(C)[C@H]3CC[C@]12C. The summed E-state index contributed by atoms with van der Waals surface area (Å²) >= 11 is 0. The molecule has 0 amide bonds. The lowest BCUT2D eigenvalue weighted by molar-refractivity contribution is -0.127. The third-order valence-electron chi connectivity index (χ3n) is 8.01. The first-order valence-corrected chi connectivity index (χ1v) is 9.28. The smallest absolute Gasteiger partial charge is 0.156 e. The van der Waals surface area contributed by atoms with Gasteiger partial charge in [-0.05, 0) is 73.8 Å². The van der Waals surface area contributed by atoms with E-state index >= 15 is 0 Å². The molecule has 4 rings (SSSR count). The molecule has 2 heteroatoms. The van der Waals surface area contributed by atoms with E-state index in [0.29, 0.717) is 30.0 Å². The Morgan fingerprint density at radius 1 is 1.13 bits per heavy atom. The molecule has 2 fully saturated rings. The van der Waals surface area contributed by atoms with Crippen LogP contribution in [0.1, 0.15) is 59.3 Å². The predicted octanol–water partition coefficient (Wildman–Crippen LogP) is 4.50. The van der Waals surface area contributed by atoms with E-state index in [1.165, 1.54) is 18.4 Å². The number of hydrogen-bond donors (Lipinski definition) is 0. The van der Waals surface area contributed by atoms with Crippen molar-refractivity contribution >= 4 is 11.6 Å². The molecule has 6 atom stereocenters. The highest BCUT2D eigenvalue weighted by atomic mass is 16.1. The number of Topliss-reactive ketones (excluding diaryl/α,β-unsaturated/α-hetero) is 1. The van der Waals surface area contributed by atoms with Gasteiger partial charge in [0.25, 0.3) is 0 Å². The van der Waals surface area contributed by atoms with Crippen molar-refractivity contribution in [2.45, 2.75) is 59.3 Å². The molecule has 0 radical (unpaired) electrons. The molecule has 0 unspecified atom stereocenters. The molecule has 4 aliphatic carbocycles. The van der Waals surface area contributed by atoms with Crippen molar-refractivity contribution in [1.82, 2.24) is 0 Å². The molecular weight excluding hydrogens is 284 g/mol. The monoisotopic (exact) mass is 312 g/mol. The van der Waals surface area contributed by atoms with Crippen LogP contribution in [0, 0.1) is 34.5 Å². The molecule has 0 heterocycles. The van der Waals surface area contributed by atoms with Crippen molar-refractivity contribution in [2.24, 2.45) is 34.5 Å². The van der Waals surface area contributed by atoms with Gasteiger partial charge in [0, 0.05) is 17.8 Å². The Labute approximate surface area is 139 Å². The van der Waals surface area contributed by atoms with E-state index in [2.05, 4.69) is 26.0 Å². The molecule has 0 spiro atoms. The van der Waals surface area contributed by atoms with Crippen LogP contribution in [-0.4, -0.2) is 11.6 Å². The van der Waals surface area contributed by atoms with Crippen LogP contribution >= 0.6 is 0 Å². The lowest BCUT2D eigenvalue weighted by Gasteiger charge is -2.56. The van der Waals surface area contributed by atoms with Gasteiger partial charge in [-0.1, -0.05) is 26.0 Å². The molecule has 0 bridgehead atoms. The number of hydrogen-bond acceptors (Lipinski definition) is 2. The average Bonchev–Trinajstić information content (AvgIpc) is 2.83. The van der Waals surface area contributed by atoms with Gasteiger partial charge in [-0.25, -0.2) is 0 Å². The Hall–Kier alpha value is -1.18. The number of fused-ring (bicyclic) bond motifs is 5. The Balaban J connectivity index is 1.71. The molecule has 23 heavy (non-hydrogen) atoms. The van der Waals surface area contributed by atoms with Gasteiger partial charge in [0.2, 0.25) is 0 Å². The van der Waals surface area contributed by atoms with Crippen LogP contribution in [0.2, 0.25) is 0 Å². The summed E-state index contributed by atoms with van der Waals surface area (Å²) < 4.78 is 0. The number of rotatable bonds is 1. The summed E-state index contributed by atoms with van der Waals surface area (Å²) in [5.74, 6) is 2.87. The summed E-state index contributed by atoms with van der Waals surface area (Å²) in [6.45, 7) is 6.48. The van der Waals surface area contributed by atoms with Crippen LogP contribution in [-0.2, 0) is 9.59 Å². The average molecular weight is 312 g/mol. The van der Waals surface area contributed by atoms with Crippen LogP contribution in [0.4, 0.5) is 0 Å². The molecule has 0 saturated heterocycles. The first kappa shape index (κ1) is 15.4. The fourth-order valence-corrected chi connectivity index (χ4v) is 6.88. The maximum Gasteiger partial charge on any atom is 0.156 e. The van der Waals surface area contributed by atoms with E-state index in [9.17, 15) is 9.59 Å². The Morgan fingerprint density at radius 2 is 1.91 bits per heavy atom. The van der Waals surface area contributed by atoms with Crippen LogP contribution < -0.4 is 0 Å². The quantitative estimate of drug-likeness (QED) is 0.714. The molecule has 2 saturated carbocycles. The van der Waals surface area contributed by atoms with Gasteiger partial charge >= 0.3 is 0 Å². The number of ketones is 2. The summed E-state index contributed by atoms with van der Waals surface area (Å²) in [6.07, 6.45) is 12.7. The minimum atomic E-state index is 0.0321. The first-order valence-electron chi connectivity index (χ1n) is 9.28. The normalized spacial score (nSPS) is 48.3. The molecule has 2 nitrogen and oxygen atoms in total. The first-order chi connectivity index (χ1) is 10.9. The third-order valence-corrected chi connectivity index (χ3v) is 8.01. The fraction of sp³-hybridized carbons (Fsp3) is 0.714. The van der Waals surface area contributed by atoms with Crippen molar-refractivity contribution in [1.29, 1.82) is 0 Å². The van der Waals surface area contributed by atoms with Crippen LogP contribution in [0.25, 0.3) is 0 Å². The highest BCUT2D eigenvalue weighted by Crippen LogP contribution is 2.65. The summed E-state index contributed by atoms with van der Waals surface area (Å²) in [7, 11) is 0. The number of allylic oxidation sites excluding steroid dienone is 4. The van der Waals surface area contributed by atoms with Gasteiger partial charge in [0.1, 0.15) is 5.78 Å². The van der Waals surface area contributed by atoms with Crippen molar-refractivity contribution < 1.29 is 9.59 Å². The molecule has 0 aromatic carbocycles. The highest BCUT2D eigenvalue weighted by Gasteiger charge is 2.59. The molecule has 124 valence electrons. The van der Waals surface area contributed by atoms with Gasteiger partial charge in [-0.15, -0.1) is 0 Å². The van der Waals surface area contributed by atoms with Crippen molar-refractivity contribution in [2.75, 3.05) is 0 Å². The summed E-state index contributed by atoms with van der Waals surface area (Å²) in [6, 6.07) is 0. The Morgan fingerprint density at radius 3 is 2.65 bits per heavy atom. The van der Waals surface area contributed by atoms with Gasteiger partial charge in [-0.2, -0.15) is 0 Å². The Kier molecular flexibility index (Phi) is 3.28. The number of carbonyl (C=O) groups is 2. The highest BCUT2D eigenvalue weighted by molar-refractivity contribution is 5.92. The fourth-order valence-electron chi connectivity index (χ4n) is 6.88. The minimum Gasteiger partial charge on any atom is -0.300 e. The number of carbonyl (C=O) groups excluding carboxylic acids is 2. The minimum absolute atomic E-state index is 0.0321. The molecule has 0 aromatic heterocycles.